The molecule has 10 heteroatoms. The summed E-state index contributed by atoms with van der Waals surface area (Å²) in [7, 11) is 3.02. The average Bonchev–Trinajstić information content (AvgIpc) is 3.06. The summed E-state index contributed by atoms with van der Waals surface area (Å²) >= 11 is 0. The van der Waals surface area contributed by atoms with Gasteiger partial charge in [-0.05, 0) is 18.2 Å². The molecule has 1 N–H and O–H groups in total. The number of nitrogens with zero attached hydrogens (tertiary/aromatic N) is 2. The van der Waals surface area contributed by atoms with E-state index < -0.39 is 24.9 Å². The van der Waals surface area contributed by atoms with E-state index in [2.05, 4.69) is 5.32 Å². The number of nitrogens with one attached hydrogen (secondary N) is 1. The van der Waals surface area contributed by atoms with Gasteiger partial charge in [-0.1, -0.05) is 0 Å². The van der Waals surface area contributed by atoms with Crippen LogP contribution in [0.5, 0.6) is 11.5 Å². The topological polar surface area (TPSA) is 71.1 Å². The molecular weight excluding hydrogens is 396 g/mol. The van der Waals surface area contributed by atoms with Crippen molar-refractivity contribution in [1.29, 1.82) is 0 Å². The molecule has 2 aliphatic rings. The minimum Gasteiger partial charge on any atom is -0.493 e. The summed E-state index contributed by atoms with van der Waals surface area (Å²) in [5, 5.41) is 2.58. The highest BCUT2D eigenvalue weighted by atomic mass is 35.5. The lowest BCUT2D eigenvalue weighted by molar-refractivity contribution is -0.135. The zero-order valence-electron chi connectivity index (χ0n) is 15.7. The molecule has 1 aromatic rings. The van der Waals surface area contributed by atoms with Gasteiger partial charge in [0.2, 0.25) is 5.91 Å². The summed E-state index contributed by atoms with van der Waals surface area (Å²) < 4.78 is 37.0. The molecule has 1 unspecified atom stereocenters. The lowest BCUT2D eigenvalue weighted by Gasteiger charge is -2.36. The minimum absolute atomic E-state index is 0. The quantitative estimate of drug-likeness (QED) is 0.799. The fourth-order valence-corrected chi connectivity index (χ4v) is 3.39. The van der Waals surface area contributed by atoms with Crippen LogP contribution < -0.4 is 14.8 Å². The number of benzene rings is 1. The Labute approximate surface area is 168 Å². The third-order valence-corrected chi connectivity index (χ3v) is 4.92. The summed E-state index contributed by atoms with van der Waals surface area (Å²) in [5.41, 5.74) is 0.463. The number of carbonyl (C=O) groups is 2. The normalized spacial score (nSPS) is 21.1. The van der Waals surface area contributed by atoms with E-state index in [4.69, 9.17) is 9.47 Å². The van der Waals surface area contributed by atoms with Crippen LogP contribution in [0.4, 0.5) is 8.78 Å². The molecule has 0 saturated carbocycles. The molecule has 28 heavy (non-hydrogen) atoms. The Morgan fingerprint density at radius 3 is 2.21 bits per heavy atom. The predicted octanol–water partition coefficient (Wildman–Crippen LogP) is 1.41. The number of carbonyl (C=O) groups excluding carboxylic acids is 2. The highest BCUT2D eigenvalue weighted by Gasteiger charge is 2.44. The molecule has 2 heterocycles. The van der Waals surface area contributed by atoms with Crippen LogP contribution in [0.15, 0.2) is 18.2 Å². The molecule has 0 bridgehead atoms. The first-order valence-corrected chi connectivity index (χ1v) is 8.76. The molecule has 2 saturated heterocycles. The monoisotopic (exact) mass is 419 g/mol. The molecule has 0 aromatic heterocycles. The van der Waals surface area contributed by atoms with Crippen molar-refractivity contribution in [2.75, 3.05) is 46.9 Å². The van der Waals surface area contributed by atoms with Gasteiger partial charge in [-0.3, -0.25) is 14.9 Å². The van der Waals surface area contributed by atoms with Gasteiger partial charge in [-0.2, -0.15) is 0 Å². The van der Waals surface area contributed by atoms with Gasteiger partial charge in [-0.25, -0.2) is 8.78 Å². The minimum atomic E-state index is -2.84. The van der Waals surface area contributed by atoms with Crippen molar-refractivity contribution < 1.29 is 27.8 Å². The number of rotatable bonds is 4. The Balaban J connectivity index is 0.00000280. The van der Waals surface area contributed by atoms with E-state index >= 15 is 0 Å². The Morgan fingerprint density at radius 2 is 1.68 bits per heavy atom. The van der Waals surface area contributed by atoms with E-state index in [1.807, 2.05) is 0 Å². The molecule has 156 valence electrons. The van der Waals surface area contributed by atoms with Crippen molar-refractivity contribution in [2.24, 2.45) is 0 Å². The summed E-state index contributed by atoms with van der Waals surface area (Å²) in [6, 6.07) is 4.08. The SMILES string of the molecule is COc1ccc(C(=O)N2CCN(C(=O)C3CC(F)(F)CN3)CC2)cc1OC.Cl. The molecule has 0 radical (unpaired) electrons. The second-order valence-corrected chi connectivity index (χ2v) is 6.68. The van der Waals surface area contributed by atoms with Gasteiger partial charge >= 0.3 is 0 Å². The Bertz CT molecular complexity index is 727. The van der Waals surface area contributed by atoms with Crippen LogP contribution in [0.3, 0.4) is 0 Å². The first kappa shape index (κ1) is 22.2. The van der Waals surface area contributed by atoms with E-state index in [1.54, 1.807) is 23.1 Å². The maximum atomic E-state index is 13.3. The Kier molecular flexibility index (Phi) is 7.06. The van der Waals surface area contributed by atoms with E-state index in [9.17, 15) is 18.4 Å². The van der Waals surface area contributed by atoms with E-state index in [0.29, 0.717) is 43.2 Å². The standard InChI is InChI=1S/C18H23F2N3O4.ClH/c1-26-14-4-3-12(9-15(14)27-2)16(24)22-5-7-23(8-6-22)17(25)13-10-18(19,20)11-21-13;/h3-4,9,13,21H,5-8,10-11H2,1-2H3;1H. The van der Waals surface area contributed by atoms with Gasteiger partial charge in [-0.15, -0.1) is 12.4 Å². The molecular formula is C18H24ClF2N3O4. The number of hydrogen-bond donors (Lipinski definition) is 1. The van der Waals surface area contributed by atoms with Crippen molar-refractivity contribution in [3.63, 3.8) is 0 Å². The average molecular weight is 420 g/mol. The van der Waals surface area contributed by atoms with E-state index in [0.717, 1.165) is 0 Å². The number of methoxy groups -OCH3 is 2. The third-order valence-electron chi connectivity index (χ3n) is 4.92. The van der Waals surface area contributed by atoms with Crippen LogP contribution in [0.1, 0.15) is 16.8 Å². The fourth-order valence-electron chi connectivity index (χ4n) is 3.39. The van der Waals surface area contributed by atoms with Crippen molar-refractivity contribution in [3.8, 4) is 11.5 Å². The molecule has 1 aromatic carbocycles. The molecule has 2 fully saturated rings. The van der Waals surface area contributed by atoms with Gasteiger partial charge in [0, 0.05) is 38.2 Å². The maximum Gasteiger partial charge on any atom is 0.262 e. The first-order valence-electron chi connectivity index (χ1n) is 8.76. The second kappa shape index (κ2) is 8.91. The highest BCUT2D eigenvalue weighted by Crippen LogP contribution is 2.29. The van der Waals surface area contributed by atoms with Crippen LogP contribution in [0, 0.1) is 0 Å². The van der Waals surface area contributed by atoms with Crippen LogP contribution in [0.25, 0.3) is 0 Å². The Morgan fingerprint density at radius 1 is 1.07 bits per heavy atom. The van der Waals surface area contributed by atoms with Gasteiger partial charge in [0.05, 0.1) is 26.8 Å². The number of halogens is 3. The summed E-state index contributed by atoms with van der Waals surface area (Å²) in [5.74, 6) is -2.35. The molecule has 0 aliphatic carbocycles. The van der Waals surface area contributed by atoms with E-state index in [-0.39, 0.29) is 24.2 Å². The van der Waals surface area contributed by atoms with Gasteiger partial charge in [0.1, 0.15) is 0 Å². The first-order chi connectivity index (χ1) is 12.8. The molecule has 2 amide bonds. The zero-order valence-corrected chi connectivity index (χ0v) is 16.6. The molecule has 3 rings (SSSR count). The van der Waals surface area contributed by atoms with E-state index in [1.165, 1.54) is 19.1 Å². The Hall–Kier alpha value is -2.13. The summed E-state index contributed by atoms with van der Waals surface area (Å²) in [6.45, 7) is 0.869. The maximum absolute atomic E-state index is 13.3. The van der Waals surface area contributed by atoms with Gasteiger partial charge in [0.25, 0.3) is 11.8 Å². The lowest BCUT2D eigenvalue weighted by Crippen LogP contribution is -2.54. The number of amides is 2. The fraction of sp³-hybridized carbons (Fsp3) is 0.556. The van der Waals surface area contributed by atoms with Crippen molar-refractivity contribution in [2.45, 2.75) is 18.4 Å². The summed E-state index contributed by atoms with van der Waals surface area (Å²) in [4.78, 5) is 28.3. The van der Waals surface area contributed by atoms with Gasteiger partial charge in [0.15, 0.2) is 11.5 Å². The predicted molar refractivity (Wildman–Crippen MR) is 101 cm³/mol. The number of alkyl halides is 2. The second-order valence-electron chi connectivity index (χ2n) is 6.68. The zero-order chi connectivity index (χ0) is 19.6. The van der Waals surface area contributed by atoms with Crippen molar-refractivity contribution >= 4 is 24.2 Å². The number of hydrogen-bond acceptors (Lipinski definition) is 5. The number of piperazine rings is 1. The highest BCUT2D eigenvalue weighted by molar-refractivity contribution is 5.95. The van der Waals surface area contributed by atoms with Crippen molar-refractivity contribution in [1.82, 2.24) is 15.1 Å². The van der Waals surface area contributed by atoms with Crippen LogP contribution in [-0.2, 0) is 4.79 Å². The van der Waals surface area contributed by atoms with Crippen LogP contribution in [-0.4, -0.2) is 80.5 Å². The molecule has 7 nitrogen and oxygen atoms in total. The molecule has 0 spiro atoms. The molecule has 2 aliphatic heterocycles. The number of ether oxygens (including phenoxy) is 2. The van der Waals surface area contributed by atoms with Crippen molar-refractivity contribution in [3.05, 3.63) is 23.8 Å². The van der Waals surface area contributed by atoms with Gasteiger partial charge < -0.3 is 19.3 Å². The van der Waals surface area contributed by atoms with Crippen LogP contribution >= 0.6 is 12.4 Å². The van der Waals surface area contributed by atoms with Crippen LogP contribution in [0.2, 0.25) is 0 Å². The largest absolute Gasteiger partial charge is 0.493 e. The lowest BCUT2D eigenvalue weighted by atomic mass is 10.1. The molecule has 1 atom stereocenters. The smallest absolute Gasteiger partial charge is 0.262 e. The summed E-state index contributed by atoms with van der Waals surface area (Å²) in [6.07, 6.45) is -0.476. The third kappa shape index (κ3) is 4.64.